The van der Waals surface area contributed by atoms with Crippen molar-refractivity contribution in [3.8, 4) is 0 Å². The number of benzene rings is 1. The summed E-state index contributed by atoms with van der Waals surface area (Å²) in [5.41, 5.74) is 0. The second-order valence-corrected chi connectivity index (χ2v) is 5.35. The van der Waals surface area contributed by atoms with Gasteiger partial charge < -0.3 is 0 Å². The van der Waals surface area contributed by atoms with Gasteiger partial charge in [0, 0.05) is 9.80 Å². The van der Waals surface area contributed by atoms with Gasteiger partial charge in [-0.15, -0.1) is 0 Å². The van der Waals surface area contributed by atoms with Gasteiger partial charge in [-0.1, -0.05) is 72.4 Å². The van der Waals surface area contributed by atoms with Crippen molar-refractivity contribution in [2.24, 2.45) is 0 Å². The maximum Gasteiger partial charge on any atom is 0.0129 e. The maximum absolute atomic E-state index is 3.72. The van der Waals surface area contributed by atoms with Crippen molar-refractivity contribution in [2.45, 2.75) is 25.7 Å². The van der Waals surface area contributed by atoms with Crippen molar-refractivity contribution in [1.82, 2.24) is 0 Å². The molecule has 92 valence electrons. The van der Waals surface area contributed by atoms with E-state index in [4.69, 9.17) is 0 Å². The topological polar surface area (TPSA) is 0 Å². The number of rotatable bonds is 4. The highest BCUT2D eigenvalue weighted by Crippen LogP contribution is 2.28. The minimum Gasteiger partial charge on any atom is -0.0990 e. The number of hydrogen-bond donors (Lipinski definition) is 0. The van der Waals surface area contributed by atoms with Crippen molar-refractivity contribution >= 4 is 27.7 Å². The predicted octanol–water partition coefficient (Wildman–Crippen LogP) is 6.17. The van der Waals surface area contributed by atoms with E-state index in [0.717, 1.165) is 4.48 Å². The fourth-order valence-electron chi connectivity index (χ4n) is 1.05. The standard InChI is InChI=1S/C13H13BrS.C2H6/c1-3-7-13(10-11(2)14)15-12-8-5-4-6-9-12;1-2/h3-10H,1H2,2H3;1-2H3/b11-10+,13-7+;. The Morgan fingerprint density at radius 3 is 2.29 bits per heavy atom. The summed E-state index contributed by atoms with van der Waals surface area (Å²) in [6.07, 6.45) is 5.89. The number of hydrogen-bond acceptors (Lipinski definition) is 1. The molecule has 0 amide bonds. The van der Waals surface area contributed by atoms with Crippen LogP contribution in [0.15, 0.2) is 69.4 Å². The van der Waals surface area contributed by atoms with Crippen molar-refractivity contribution in [2.75, 3.05) is 0 Å². The largest absolute Gasteiger partial charge is 0.0990 e. The Morgan fingerprint density at radius 1 is 1.24 bits per heavy atom. The van der Waals surface area contributed by atoms with Crippen LogP contribution in [0.4, 0.5) is 0 Å². The van der Waals surface area contributed by atoms with Gasteiger partial charge in [0.2, 0.25) is 0 Å². The van der Waals surface area contributed by atoms with Gasteiger partial charge in [-0.05, 0) is 35.7 Å². The van der Waals surface area contributed by atoms with Crippen LogP contribution in [0.25, 0.3) is 0 Å². The monoisotopic (exact) mass is 310 g/mol. The van der Waals surface area contributed by atoms with E-state index in [2.05, 4.69) is 40.7 Å². The molecule has 17 heavy (non-hydrogen) atoms. The van der Waals surface area contributed by atoms with Gasteiger partial charge in [-0.25, -0.2) is 0 Å². The fourth-order valence-corrected chi connectivity index (χ4v) is 2.41. The predicted molar refractivity (Wildman–Crippen MR) is 84.6 cm³/mol. The molecular formula is C15H19BrS. The van der Waals surface area contributed by atoms with Crippen LogP contribution in [0.2, 0.25) is 0 Å². The molecule has 1 rings (SSSR count). The van der Waals surface area contributed by atoms with E-state index in [-0.39, 0.29) is 0 Å². The third kappa shape index (κ3) is 8.06. The van der Waals surface area contributed by atoms with Crippen LogP contribution in [0.3, 0.4) is 0 Å². The van der Waals surface area contributed by atoms with Gasteiger partial charge in [0.15, 0.2) is 0 Å². The Labute approximate surface area is 118 Å². The Hall–Kier alpha value is -0.730. The molecule has 0 saturated carbocycles. The lowest BCUT2D eigenvalue weighted by Gasteiger charge is -2.01. The zero-order valence-electron chi connectivity index (χ0n) is 10.6. The Kier molecular flexibility index (Phi) is 9.98. The van der Waals surface area contributed by atoms with Gasteiger partial charge in [-0.3, -0.25) is 0 Å². The van der Waals surface area contributed by atoms with Crippen molar-refractivity contribution in [3.63, 3.8) is 0 Å². The van der Waals surface area contributed by atoms with E-state index in [9.17, 15) is 0 Å². The van der Waals surface area contributed by atoms with Crippen LogP contribution in [-0.2, 0) is 0 Å². The average molecular weight is 311 g/mol. The molecular weight excluding hydrogens is 292 g/mol. The van der Waals surface area contributed by atoms with Gasteiger partial charge in [0.25, 0.3) is 0 Å². The van der Waals surface area contributed by atoms with E-state index in [1.165, 1.54) is 9.80 Å². The first-order valence-electron chi connectivity index (χ1n) is 5.62. The van der Waals surface area contributed by atoms with Crippen molar-refractivity contribution < 1.29 is 0 Å². The zero-order chi connectivity index (χ0) is 13.1. The summed E-state index contributed by atoms with van der Waals surface area (Å²) in [5.74, 6) is 0. The summed E-state index contributed by atoms with van der Waals surface area (Å²) in [6, 6.07) is 10.3. The zero-order valence-corrected chi connectivity index (χ0v) is 13.0. The molecule has 0 aromatic heterocycles. The summed E-state index contributed by atoms with van der Waals surface area (Å²) in [4.78, 5) is 2.40. The molecule has 1 aromatic rings. The third-order valence-corrected chi connectivity index (χ3v) is 2.83. The molecule has 0 spiro atoms. The summed E-state index contributed by atoms with van der Waals surface area (Å²) in [7, 11) is 0. The Bertz CT molecular complexity index is 373. The Morgan fingerprint density at radius 2 is 1.82 bits per heavy atom. The lowest BCUT2D eigenvalue weighted by molar-refractivity contribution is 1.47. The highest BCUT2D eigenvalue weighted by Gasteiger charge is 1.96. The van der Waals surface area contributed by atoms with E-state index in [1.807, 2.05) is 45.0 Å². The molecule has 0 radical (unpaired) electrons. The molecule has 0 N–H and O–H groups in total. The molecule has 0 aliphatic heterocycles. The molecule has 0 bridgehead atoms. The molecule has 0 unspecified atom stereocenters. The summed E-state index contributed by atoms with van der Waals surface area (Å²) >= 11 is 5.16. The molecule has 0 aliphatic rings. The minimum atomic E-state index is 1.11. The normalized spacial score (nSPS) is 11.5. The molecule has 0 atom stereocenters. The lowest BCUT2D eigenvalue weighted by atomic mass is 10.4. The highest BCUT2D eigenvalue weighted by molar-refractivity contribution is 9.11. The summed E-state index contributed by atoms with van der Waals surface area (Å²) in [5, 5.41) is 0. The van der Waals surface area contributed by atoms with E-state index < -0.39 is 0 Å². The molecule has 2 heteroatoms. The van der Waals surface area contributed by atoms with E-state index >= 15 is 0 Å². The molecule has 0 fully saturated rings. The fraction of sp³-hybridized carbons (Fsp3) is 0.200. The third-order valence-electron chi connectivity index (χ3n) is 1.60. The molecule has 0 nitrogen and oxygen atoms in total. The molecule has 0 heterocycles. The summed E-state index contributed by atoms with van der Waals surface area (Å²) < 4.78 is 1.11. The van der Waals surface area contributed by atoms with E-state index in [0.29, 0.717) is 0 Å². The smallest absolute Gasteiger partial charge is 0.0129 e. The lowest BCUT2D eigenvalue weighted by Crippen LogP contribution is -1.73. The Balaban J connectivity index is 0.00000121. The first-order chi connectivity index (χ1) is 8.22. The maximum atomic E-state index is 3.72. The summed E-state index contributed by atoms with van der Waals surface area (Å²) in [6.45, 7) is 9.73. The SMILES string of the molecule is C=C/C=C(\C=C(/C)Br)Sc1ccccc1.CC. The van der Waals surface area contributed by atoms with Gasteiger partial charge in [0.1, 0.15) is 0 Å². The van der Waals surface area contributed by atoms with Gasteiger partial charge in [-0.2, -0.15) is 0 Å². The number of thioether (sulfide) groups is 1. The number of halogens is 1. The van der Waals surface area contributed by atoms with Crippen LogP contribution >= 0.6 is 27.7 Å². The van der Waals surface area contributed by atoms with Crippen molar-refractivity contribution in [1.29, 1.82) is 0 Å². The number of allylic oxidation sites excluding steroid dienone is 4. The second kappa shape index (κ2) is 10.4. The quantitative estimate of drug-likeness (QED) is 0.473. The van der Waals surface area contributed by atoms with Crippen LogP contribution in [0, 0.1) is 0 Å². The first-order valence-corrected chi connectivity index (χ1v) is 7.23. The van der Waals surface area contributed by atoms with Gasteiger partial charge in [0.05, 0.1) is 0 Å². The van der Waals surface area contributed by atoms with Crippen LogP contribution < -0.4 is 0 Å². The second-order valence-electron chi connectivity index (χ2n) is 2.95. The minimum absolute atomic E-state index is 1.11. The van der Waals surface area contributed by atoms with Crippen LogP contribution in [-0.4, -0.2) is 0 Å². The van der Waals surface area contributed by atoms with Crippen molar-refractivity contribution in [3.05, 3.63) is 64.5 Å². The molecule has 0 saturated heterocycles. The van der Waals surface area contributed by atoms with Crippen LogP contribution in [0.1, 0.15) is 20.8 Å². The highest BCUT2D eigenvalue weighted by atomic mass is 79.9. The van der Waals surface area contributed by atoms with E-state index in [1.54, 1.807) is 17.8 Å². The first kappa shape index (κ1) is 16.3. The van der Waals surface area contributed by atoms with Crippen LogP contribution in [0.5, 0.6) is 0 Å². The van der Waals surface area contributed by atoms with Gasteiger partial charge >= 0.3 is 0 Å². The molecule has 1 aromatic carbocycles. The average Bonchev–Trinajstić information content (AvgIpc) is 2.32. The molecule has 0 aliphatic carbocycles.